The maximum Gasteiger partial charge on any atom is 0.266 e. The van der Waals surface area contributed by atoms with Crippen LogP contribution in [0, 0.1) is 5.92 Å². The van der Waals surface area contributed by atoms with Gasteiger partial charge in [-0.05, 0) is 60.9 Å². The highest BCUT2D eigenvalue weighted by atomic mass is 79.9. The first-order valence-corrected chi connectivity index (χ1v) is 11.8. The average molecular weight is 476 g/mol. The van der Waals surface area contributed by atoms with Gasteiger partial charge in [-0.15, -0.1) is 0 Å². The van der Waals surface area contributed by atoms with E-state index in [2.05, 4.69) is 37.8 Å². The van der Waals surface area contributed by atoms with Crippen molar-refractivity contribution in [3.8, 4) is 0 Å². The van der Waals surface area contributed by atoms with Gasteiger partial charge < -0.3 is 10.7 Å². The van der Waals surface area contributed by atoms with Gasteiger partial charge in [0.15, 0.2) is 0 Å². The Labute approximate surface area is 178 Å². The first-order chi connectivity index (χ1) is 13.8. The van der Waals surface area contributed by atoms with E-state index in [-0.39, 0.29) is 16.5 Å². The smallest absolute Gasteiger partial charge is 0.266 e. The molecule has 3 aromatic rings. The molecule has 0 unspecified atom stereocenters. The minimum atomic E-state index is -3.92. The van der Waals surface area contributed by atoms with E-state index in [1.54, 1.807) is 18.2 Å². The van der Waals surface area contributed by atoms with Crippen molar-refractivity contribution in [3.63, 3.8) is 0 Å². The molecule has 0 bridgehead atoms. The van der Waals surface area contributed by atoms with Crippen molar-refractivity contribution in [2.24, 2.45) is 11.7 Å². The van der Waals surface area contributed by atoms with Crippen molar-refractivity contribution in [2.45, 2.75) is 30.6 Å². The van der Waals surface area contributed by atoms with Crippen LogP contribution in [0.5, 0.6) is 0 Å². The van der Waals surface area contributed by atoms with Gasteiger partial charge in [-0.25, -0.2) is 13.1 Å². The minimum absolute atomic E-state index is 0.0850. The molecule has 1 aromatic heterocycles. The summed E-state index contributed by atoms with van der Waals surface area (Å²) in [6, 6.07) is 13.5. The zero-order chi connectivity index (χ0) is 20.6. The molecule has 4 rings (SSSR count). The molecule has 0 radical (unpaired) electrons. The lowest BCUT2D eigenvalue weighted by molar-refractivity contribution is 0.0993. The highest BCUT2D eigenvalue weighted by Gasteiger charge is 2.28. The number of benzene rings is 2. The molecule has 4 N–H and O–H groups in total. The molecule has 0 aliphatic heterocycles. The van der Waals surface area contributed by atoms with Crippen LogP contribution in [-0.2, 0) is 22.9 Å². The van der Waals surface area contributed by atoms with Crippen LogP contribution in [0.2, 0.25) is 0 Å². The highest BCUT2D eigenvalue weighted by molar-refractivity contribution is 9.10. The molecule has 6 nitrogen and oxygen atoms in total. The number of carbonyl (C=O) groups is 1. The average Bonchev–Trinajstić information content (AvgIpc) is 2.95. The number of sulfonamides is 1. The lowest BCUT2D eigenvalue weighted by atomic mass is 10.0. The van der Waals surface area contributed by atoms with Crippen molar-refractivity contribution >= 4 is 42.8 Å². The van der Waals surface area contributed by atoms with Crippen LogP contribution >= 0.6 is 15.9 Å². The summed E-state index contributed by atoms with van der Waals surface area (Å²) in [5.41, 5.74) is 8.58. The third kappa shape index (κ3) is 4.10. The molecule has 0 spiro atoms. The van der Waals surface area contributed by atoms with Crippen LogP contribution in [0.15, 0.2) is 51.8 Å². The number of aromatic amines is 1. The molecule has 0 atom stereocenters. The molecule has 1 heterocycles. The summed E-state index contributed by atoms with van der Waals surface area (Å²) in [4.78, 5) is 14.6. The van der Waals surface area contributed by atoms with Gasteiger partial charge in [0.1, 0.15) is 10.6 Å². The first kappa shape index (κ1) is 20.1. The Morgan fingerprint density at radius 1 is 1.14 bits per heavy atom. The standard InChI is InChI=1S/C21H22BrN3O3S/c22-16-9-10-18-17(11-16)20(19(25-18)21(23)26)29(27,28)24-12-13-5-7-14-3-1-2-4-15(14)8-6-13/h1-4,9-11,13,24-25H,5-8,12H2,(H2,23,26). The molecule has 0 fully saturated rings. The van der Waals surface area contributed by atoms with Crippen molar-refractivity contribution in [1.29, 1.82) is 0 Å². The second kappa shape index (κ2) is 7.93. The van der Waals surface area contributed by atoms with E-state index in [4.69, 9.17) is 5.73 Å². The monoisotopic (exact) mass is 475 g/mol. The van der Waals surface area contributed by atoms with Gasteiger partial charge in [0.2, 0.25) is 10.0 Å². The molecule has 0 saturated heterocycles. The zero-order valence-electron chi connectivity index (χ0n) is 15.7. The molecule has 8 heteroatoms. The summed E-state index contributed by atoms with van der Waals surface area (Å²) in [6.45, 7) is 0.329. The molecular formula is C21H22BrN3O3S. The first-order valence-electron chi connectivity index (χ1n) is 9.52. The topological polar surface area (TPSA) is 105 Å². The van der Waals surface area contributed by atoms with E-state index in [0.29, 0.717) is 17.4 Å². The van der Waals surface area contributed by atoms with Gasteiger partial charge in [-0.2, -0.15) is 0 Å². The SMILES string of the molecule is NC(=O)c1[nH]c2ccc(Br)cc2c1S(=O)(=O)NCC1CCc2ccccc2CC1. The van der Waals surface area contributed by atoms with E-state index in [9.17, 15) is 13.2 Å². The van der Waals surface area contributed by atoms with Gasteiger partial charge in [0.25, 0.3) is 5.91 Å². The van der Waals surface area contributed by atoms with E-state index in [0.717, 1.165) is 30.2 Å². The Morgan fingerprint density at radius 2 is 1.79 bits per heavy atom. The third-order valence-corrected chi connectivity index (χ3v) is 7.55. The van der Waals surface area contributed by atoms with Gasteiger partial charge in [-0.3, -0.25) is 4.79 Å². The summed E-state index contributed by atoms with van der Waals surface area (Å²) >= 11 is 3.36. The minimum Gasteiger partial charge on any atom is -0.364 e. The number of hydrogen-bond donors (Lipinski definition) is 3. The fourth-order valence-electron chi connectivity index (χ4n) is 4.00. The summed E-state index contributed by atoms with van der Waals surface area (Å²) in [7, 11) is -3.92. The van der Waals surface area contributed by atoms with Gasteiger partial charge in [0.05, 0.1) is 0 Å². The maximum absolute atomic E-state index is 13.1. The molecule has 1 aliphatic carbocycles. The van der Waals surface area contributed by atoms with Crippen molar-refractivity contribution in [3.05, 3.63) is 63.8 Å². The predicted octanol–water partition coefficient (Wildman–Crippen LogP) is 3.50. The molecule has 1 amide bonds. The number of aryl methyl sites for hydroxylation is 2. The number of primary amides is 1. The number of hydrogen-bond acceptors (Lipinski definition) is 3. The maximum atomic E-state index is 13.1. The number of amides is 1. The van der Waals surface area contributed by atoms with E-state index < -0.39 is 15.9 Å². The van der Waals surface area contributed by atoms with E-state index in [1.165, 1.54) is 11.1 Å². The van der Waals surface area contributed by atoms with Crippen LogP contribution in [0.25, 0.3) is 10.9 Å². The lowest BCUT2D eigenvalue weighted by Gasteiger charge is -2.15. The van der Waals surface area contributed by atoms with Gasteiger partial charge in [0, 0.05) is 21.9 Å². The highest BCUT2D eigenvalue weighted by Crippen LogP contribution is 2.30. The number of aromatic nitrogens is 1. The van der Waals surface area contributed by atoms with Gasteiger partial charge >= 0.3 is 0 Å². The summed E-state index contributed by atoms with van der Waals surface area (Å²) in [5.74, 6) is -0.575. The number of carbonyl (C=O) groups excluding carboxylic acids is 1. The Balaban J connectivity index is 1.58. The molecule has 2 aromatic carbocycles. The number of fused-ring (bicyclic) bond motifs is 2. The lowest BCUT2D eigenvalue weighted by Crippen LogP contribution is -2.31. The van der Waals surface area contributed by atoms with Crippen molar-refractivity contribution in [2.75, 3.05) is 6.54 Å². The number of nitrogens with two attached hydrogens (primary N) is 1. The van der Waals surface area contributed by atoms with Crippen LogP contribution in [-0.4, -0.2) is 25.9 Å². The van der Waals surface area contributed by atoms with Gasteiger partial charge in [-0.1, -0.05) is 40.2 Å². The molecule has 0 saturated carbocycles. The molecule has 29 heavy (non-hydrogen) atoms. The van der Waals surface area contributed by atoms with Crippen LogP contribution in [0.3, 0.4) is 0 Å². The summed E-state index contributed by atoms with van der Waals surface area (Å²) in [6.07, 6.45) is 3.72. The predicted molar refractivity (Wildman–Crippen MR) is 116 cm³/mol. The van der Waals surface area contributed by atoms with Crippen LogP contribution < -0.4 is 10.5 Å². The Morgan fingerprint density at radius 3 is 2.41 bits per heavy atom. The number of halogens is 1. The number of H-pyrrole nitrogens is 1. The fourth-order valence-corrected chi connectivity index (χ4v) is 5.84. The third-order valence-electron chi connectivity index (χ3n) is 5.55. The second-order valence-electron chi connectivity index (χ2n) is 7.45. The summed E-state index contributed by atoms with van der Waals surface area (Å²) < 4.78 is 29.7. The Kier molecular flexibility index (Phi) is 5.50. The van der Waals surface area contributed by atoms with E-state index >= 15 is 0 Å². The Bertz CT molecular complexity index is 1160. The van der Waals surface area contributed by atoms with E-state index in [1.807, 2.05) is 12.1 Å². The van der Waals surface area contributed by atoms with Crippen LogP contribution in [0.4, 0.5) is 0 Å². The zero-order valence-corrected chi connectivity index (χ0v) is 18.1. The molecule has 152 valence electrons. The van der Waals surface area contributed by atoms with Crippen LogP contribution in [0.1, 0.15) is 34.5 Å². The molecular weight excluding hydrogens is 454 g/mol. The second-order valence-corrected chi connectivity index (χ2v) is 10.1. The normalized spacial score (nSPS) is 15.2. The number of nitrogens with one attached hydrogen (secondary N) is 2. The fraction of sp³-hybridized carbons (Fsp3) is 0.286. The number of rotatable bonds is 5. The largest absolute Gasteiger partial charge is 0.364 e. The van der Waals surface area contributed by atoms with Crippen molar-refractivity contribution in [1.82, 2.24) is 9.71 Å². The molecule has 1 aliphatic rings. The van der Waals surface area contributed by atoms with Crippen molar-refractivity contribution < 1.29 is 13.2 Å². The summed E-state index contributed by atoms with van der Waals surface area (Å²) in [5, 5.41) is 0.439. The quantitative estimate of drug-likeness (QED) is 0.491. The Hall–Kier alpha value is -2.16.